The Morgan fingerprint density at radius 1 is 1.11 bits per heavy atom. The molecule has 5 rings (SSSR count). The molecule has 0 spiro atoms. The second-order valence-corrected chi connectivity index (χ2v) is 6.75. The lowest BCUT2D eigenvalue weighted by Gasteiger charge is -2.14. The van der Waals surface area contributed by atoms with E-state index in [9.17, 15) is 4.79 Å². The minimum Gasteiger partial charge on any atom is -0.445 e. The van der Waals surface area contributed by atoms with Crippen LogP contribution in [-0.4, -0.2) is 32.4 Å². The van der Waals surface area contributed by atoms with Crippen molar-refractivity contribution in [2.45, 2.75) is 18.9 Å². The highest BCUT2D eigenvalue weighted by Gasteiger charge is 2.25. The Labute approximate surface area is 160 Å². The number of nitrogens with one attached hydrogen (secondary N) is 2. The molecule has 1 aromatic carbocycles. The van der Waals surface area contributed by atoms with Gasteiger partial charge in [0.25, 0.3) is 0 Å². The molecule has 7 nitrogen and oxygen atoms in total. The highest BCUT2D eigenvalue weighted by atomic mass is 16.6. The molecule has 28 heavy (non-hydrogen) atoms. The van der Waals surface area contributed by atoms with Crippen LogP contribution in [0, 0.1) is 0 Å². The zero-order valence-corrected chi connectivity index (χ0v) is 14.9. The number of aromatic nitrogens is 4. The van der Waals surface area contributed by atoms with E-state index in [1.807, 2.05) is 48.5 Å². The third-order valence-corrected chi connectivity index (χ3v) is 4.83. The van der Waals surface area contributed by atoms with E-state index in [2.05, 4.69) is 25.5 Å². The first-order chi connectivity index (χ1) is 13.8. The van der Waals surface area contributed by atoms with Crippen LogP contribution >= 0.6 is 0 Å². The van der Waals surface area contributed by atoms with Gasteiger partial charge in [-0.3, -0.25) is 15.4 Å². The molecular formula is C21H17N5O2. The van der Waals surface area contributed by atoms with E-state index in [-0.39, 0.29) is 6.10 Å². The summed E-state index contributed by atoms with van der Waals surface area (Å²) in [5.41, 5.74) is 4.43. The average Bonchev–Trinajstić information content (AvgIpc) is 3.05. The molecule has 1 atom stereocenters. The fourth-order valence-corrected chi connectivity index (χ4v) is 3.54. The summed E-state index contributed by atoms with van der Waals surface area (Å²) >= 11 is 0. The van der Waals surface area contributed by atoms with Gasteiger partial charge in [-0.1, -0.05) is 30.3 Å². The van der Waals surface area contributed by atoms with Gasteiger partial charge in [0.1, 0.15) is 17.6 Å². The van der Waals surface area contributed by atoms with Crippen LogP contribution < -0.4 is 5.32 Å². The molecule has 0 bridgehead atoms. The van der Waals surface area contributed by atoms with Crippen LogP contribution in [0.3, 0.4) is 0 Å². The van der Waals surface area contributed by atoms with Gasteiger partial charge in [-0.15, -0.1) is 0 Å². The summed E-state index contributed by atoms with van der Waals surface area (Å²) in [5, 5.41) is 11.0. The molecule has 1 unspecified atom stereocenters. The van der Waals surface area contributed by atoms with Gasteiger partial charge >= 0.3 is 6.09 Å². The van der Waals surface area contributed by atoms with Crippen LogP contribution in [0.1, 0.15) is 11.1 Å². The van der Waals surface area contributed by atoms with E-state index in [1.165, 1.54) is 0 Å². The molecule has 3 aromatic heterocycles. The standard InChI is InChI=1S/C21H17N5O2/c27-21-24-19-15(11-16(28-21)10-13-4-2-1-3-5-13)12-17-18(25-26-20(17)23-19)14-6-8-22-9-7-14/h1-9,12,16H,10-11H2,(H2,23,24,25,26,27). The smallest absolute Gasteiger partial charge is 0.413 e. The Hall–Kier alpha value is -3.74. The van der Waals surface area contributed by atoms with E-state index < -0.39 is 6.09 Å². The number of rotatable bonds is 3. The van der Waals surface area contributed by atoms with E-state index >= 15 is 0 Å². The van der Waals surface area contributed by atoms with Crippen LogP contribution in [0.5, 0.6) is 0 Å². The van der Waals surface area contributed by atoms with Gasteiger partial charge < -0.3 is 4.74 Å². The lowest BCUT2D eigenvalue weighted by atomic mass is 10.0. The maximum atomic E-state index is 12.2. The summed E-state index contributed by atoms with van der Waals surface area (Å²) in [4.78, 5) is 20.8. The summed E-state index contributed by atoms with van der Waals surface area (Å²) in [6.45, 7) is 0. The number of H-pyrrole nitrogens is 1. The summed E-state index contributed by atoms with van der Waals surface area (Å²) in [7, 11) is 0. The van der Waals surface area contributed by atoms with Crippen LogP contribution in [0.25, 0.3) is 22.3 Å². The predicted octanol–water partition coefficient (Wildman–Crippen LogP) is 3.74. The summed E-state index contributed by atoms with van der Waals surface area (Å²) < 4.78 is 5.59. The van der Waals surface area contributed by atoms with Crippen molar-refractivity contribution in [3.63, 3.8) is 0 Å². The summed E-state index contributed by atoms with van der Waals surface area (Å²) in [6.07, 6.45) is 3.94. The third kappa shape index (κ3) is 3.07. The van der Waals surface area contributed by atoms with Gasteiger partial charge in [-0.05, 0) is 29.3 Å². The maximum absolute atomic E-state index is 12.2. The number of fused-ring (bicyclic) bond motifs is 2. The zero-order chi connectivity index (χ0) is 18.9. The van der Waals surface area contributed by atoms with Crippen molar-refractivity contribution < 1.29 is 9.53 Å². The fourth-order valence-electron chi connectivity index (χ4n) is 3.54. The van der Waals surface area contributed by atoms with Crippen LogP contribution in [-0.2, 0) is 17.6 Å². The second kappa shape index (κ2) is 6.77. The molecule has 0 saturated carbocycles. The molecule has 1 aliphatic rings. The Kier molecular flexibility index (Phi) is 3.97. The minimum absolute atomic E-state index is 0.265. The lowest BCUT2D eigenvalue weighted by Crippen LogP contribution is -2.22. The Morgan fingerprint density at radius 2 is 1.93 bits per heavy atom. The van der Waals surface area contributed by atoms with Gasteiger partial charge in [0.15, 0.2) is 5.65 Å². The first-order valence-electron chi connectivity index (χ1n) is 9.06. The Balaban J connectivity index is 1.54. The number of hydrogen-bond acceptors (Lipinski definition) is 5. The number of benzene rings is 1. The number of cyclic esters (lactones) is 1. The van der Waals surface area contributed by atoms with E-state index in [0.29, 0.717) is 24.3 Å². The number of amides is 1. The molecule has 0 saturated heterocycles. The van der Waals surface area contributed by atoms with Crippen molar-refractivity contribution in [1.29, 1.82) is 0 Å². The van der Waals surface area contributed by atoms with Crippen molar-refractivity contribution in [3.05, 3.63) is 72.1 Å². The maximum Gasteiger partial charge on any atom is 0.413 e. The fraction of sp³-hybridized carbons (Fsp3) is 0.143. The van der Waals surface area contributed by atoms with E-state index in [1.54, 1.807) is 12.4 Å². The topological polar surface area (TPSA) is 92.8 Å². The normalized spacial score (nSPS) is 16.1. The van der Waals surface area contributed by atoms with Gasteiger partial charge in [-0.25, -0.2) is 9.78 Å². The predicted molar refractivity (Wildman–Crippen MR) is 105 cm³/mol. The molecule has 0 aliphatic carbocycles. The first-order valence-corrected chi connectivity index (χ1v) is 9.06. The number of carbonyl (C=O) groups excluding carboxylic acids is 1. The highest BCUT2D eigenvalue weighted by Crippen LogP contribution is 2.30. The summed E-state index contributed by atoms with van der Waals surface area (Å²) in [6, 6.07) is 15.9. The van der Waals surface area contributed by atoms with Crippen molar-refractivity contribution in [1.82, 2.24) is 20.2 Å². The molecule has 7 heteroatoms. The SMILES string of the molecule is O=C1Nc2nc3[nH]nc(-c4ccncc4)c3cc2CC(Cc2ccccc2)O1. The molecule has 0 radical (unpaired) electrons. The van der Waals surface area contributed by atoms with Crippen LogP contribution in [0.2, 0.25) is 0 Å². The van der Waals surface area contributed by atoms with Crippen molar-refractivity contribution in [3.8, 4) is 11.3 Å². The first kappa shape index (κ1) is 16.4. The van der Waals surface area contributed by atoms with Crippen LogP contribution in [0.15, 0.2) is 60.9 Å². The molecule has 2 N–H and O–H groups in total. The summed E-state index contributed by atoms with van der Waals surface area (Å²) in [5.74, 6) is 0.512. The monoisotopic (exact) mass is 371 g/mol. The zero-order valence-electron chi connectivity index (χ0n) is 14.9. The van der Waals surface area contributed by atoms with Gasteiger partial charge in [0.05, 0.1) is 0 Å². The average molecular weight is 371 g/mol. The minimum atomic E-state index is -0.486. The van der Waals surface area contributed by atoms with Crippen molar-refractivity contribution >= 4 is 22.9 Å². The number of nitrogens with zero attached hydrogens (tertiary/aromatic N) is 3. The molecule has 138 valence electrons. The molecule has 1 aliphatic heterocycles. The van der Waals surface area contributed by atoms with Gasteiger partial charge in [0.2, 0.25) is 0 Å². The van der Waals surface area contributed by atoms with E-state index in [0.717, 1.165) is 27.8 Å². The third-order valence-electron chi connectivity index (χ3n) is 4.83. The molecule has 4 heterocycles. The molecule has 4 aromatic rings. The molecule has 0 fully saturated rings. The van der Waals surface area contributed by atoms with Crippen molar-refractivity contribution in [2.24, 2.45) is 0 Å². The number of pyridine rings is 2. The van der Waals surface area contributed by atoms with E-state index in [4.69, 9.17) is 4.74 Å². The number of anilines is 1. The van der Waals surface area contributed by atoms with Gasteiger partial charge in [0, 0.05) is 36.2 Å². The second-order valence-electron chi connectivity index (χ2n) is 6.75. The number of ether oxygens (including phenoxy) is 1. The largest absolute Gasteiger partial charge is 0.445 e. The lowest BCUT2D eigenvalue weighted by molar-refractivity contribution is 0.113. The van der Waals surface area contributed by atoms with Gasteiger partial charge in [-0.2, -0.15) is 5.10 Å². The number of carbonyl (C=O) groups is 1. The number of hydrogen-bond donors (Lipinski definition) is 2. The Bertz CT molecular complexity index is 1140. The Morgan fingerprint density at radius 3 is 2.75 bits per heavy atom. The number of aromatic amines is 1. The quantitative estimate of drug-likeness (QED) is 0.572. The van der Waals surface area contributed by atoms with Crippen molar-refractivity contribution in [2.75, 3.05) is 5.32 Å². The molecular weight excluding hydrogens is 354 g/mol. The molecule has 1 amide bonds. The van der Waals surface area contributed by atoms with Crippen LogP contribution in [0.4, 0.5) is 10.6 Å². The highest BCUT2D eigenvalue weighted by molar-refractivity contribution is 5.94.